The van der Waals surface area contributed by atoms with E-state index < -0.39 is 5.97 Å². The van der Waals surface area contributed by atoms with Crippen LogP contribution in [0.1, 0.15) is 44.6 Å². The van der Waals surface area contributed by atoms with Crippen molar-refractivity contribution in [3.8, 4) is 0 Å². The Morgan fingerprint density at radius 1 is 1.32 bits per heavy atom. The fourth-order valence-corrected chi connectivity index (χ4v) is 4.25. The van der Waals surface area contributed by atoms with E-state index in [1.165, 1.54) is 11.3 Å². The predicted octanol–water partition coefficient (Wildman–Crippen LogP) is 4.64. The Balaban J connectivity index is 1.99. The van der Waals surface area contributed by atoms with Gasteiger partial charge in [0.15, 0.2) is 5.13 Å². The summed E-state index contributed by atoms with van der Waals surface area (Å²) in [5.74, 6) is -0.737. The van der Waals surface area contributed by atoms with Gasteiger partial charge in [-0.1, -0.05) is 23.5 Å². The van der Waals surface area contributed by atoms with Crippen LogP contribution in [-0.4, -0.2) is 28.0 Å². The zero-order valence-corrected chi connectivity index (χ0v) is 17.3. The van der Waals surface area contributed by atoms with Crippen LogP contribution in [0.2, 0.25) is 0 Å². The number of hydrogen-bond donors (Lipinski definition) is 1. The molecule has 0 fully saturated rings. The number of rotatable bonds is 6. The summed E-state index contributed by atoms with van der Waals surface area (Å²) in [6, 6.07) is 5.97. The van der Waals surface area contributed by atoms with Gasteiger partial charge >= 0.3 is 5.97 Å². The highest BCUT2D eigenvalue weighted by Crippen LogP contribution is 2.29. The number of esters is 1. The molecule has 0 spiro atoms. The molecule has 28 heavy (non-hydrogen) atoms. The summed E-state index contributed by atoms with van der Waals surface area (Å²) in [6.07, 6.45) is 1.69. The molecule has 0 aliphatic carbocycles. The number of anilines is 1. The van der Waals surface area contributed by atoms with E-state index in [1.54, 1.807) is 24.5 Å². The Kier molecular flexibility index (Phi) is 5.65. The third-order valence-corrected chi connectivity index (χ3v) is 5.47. The summed E-state index contributed by atoms with van der Waals surface area (Å²) >= 11 is 1.42. The van der Waals surface area contributed by atoms with Gasteiger partial charge in [0.05, 0.1) is 22.4 Å². The molecule has 3 rings (SSSR count). The maximum atomic E-state index is 13.0. The number of allylic oxidation sites excluding steroid dienone is 1. The third-order valence-electron chi connectivity index (χ3n) is 4.54. The highest BCUT2D eigenvalue weighted by atomic mass is 32.1. The number of thiazole rings is 1. The van der Waals surface area contributed by atoms with Crippen LogP contribution in [0.25, 0.3) is 10.2 Å². The van der Waals surface area contributed by atoms with Crippen LogP contribution >= 0.6 is 11.3 Å². The fourth-order valence-electron chi connectivity index (χ4n) is 3.29. The average molecular weight is 398 g/mol. The van der Waals surface area contributed by atoms with Crippen LogP contribution in [0.4, 0.5) is 5.13 Å². The van der Waals surface area contributed by atoms with Gasteiger partial charge in [-0.2, -0.15) is 0 Å². The molecule has 0 saturated heterocycles. The quantitative estimate of drug-likeness (QED) is 0.486. The van der Waals surface area contributed by atoms with Crippen molar-refractivity contribution in [3.63, 3.8) is 0 Å². The molecule has 0 atom stereocenters. The van der Waals surface area contributed by atoms with Gasteiger partial charge < -0.3 is 9.30 Å². The topological polar surface area (TPSA) is 73.2 Å². The first-order chi connectivity index (χ1) is 13.4. The molecule has 0 saturated carbocycles. The molecule has 146 valence electrons. The lowest BCUT2D eigenvalue weighted by atomic mass is 10.1. The Hall–Kier alpha value is -2.93. The molecule has 2 aromatic heterocycles. The van der Waals surface area contributed by atoms with Gasteiger partial charge in [-0.05, 0) is 51.0 Å². The van der Waals surface area contributed by atoms with E-state index in [4.69, 9.17) is 4.74 Å². The average Bonchev–Trinajstić information content (AvgIpc) is 3.13. The Morgan fingerprint density at radius 3 is 2.75 bits per heavy atom. The molecule has 3 aromatic rings. The van der Waals surface area contributed by atoms with Crippen LogP contribution < -0.4 is 5.32 Å². The molecule has 0 aliphatic heterocycles. The molecule has 0 unspecified atom stereocenters. The second-order valence-electron chi connectivity index (χ2n) is 6.50. The number of aromatic nitrogens is 2. The molecular weight excluding hydrogens is 374 g/mol. The number of nitrogens with zero attached hydrogens (tertiary/aromatic N) is 2. The Labute approximate surface area is 167 Å². The minimum Gasteiger partial charge on any atom is -0.461 e. The van der Waals surface area contributed by atoms with Gasteiger partial charge in [0, 0.05) is 12.2 Å². The number of benzene rings is 1. The van der Waals surface area contributed by atoms with Gasteiger partial charge in [-0.15, -0.1) is 6.58 Å². The van der Waals surface area contributed by atoms with Crippen molar-refractivity contribution in [1.82, 2.24) is 9.55 Å². The van der Waals surface area contributed by atoms with Crippen molar-refractivity contribution in [3.05, 3.63) is 58.9 Å². The Bertz CT molecular complexity index is 1080. The van der Waals surface area contributed by atoms with Gasteiger partial charge in [-0.25, -0.2) is 9.78 Å². The molecular formula is C21H23N3O3S. The van der Waals surface area contributed by atoms with E-state index >= 15 is 0 Å². The van der Waals surface area contributed by atoms with E-state index in [0.717, 1.165) is 15.8 Å². The van der Waals surface area contributed by atoms with Gasteiger partial charge in [0.2, 0.25) is 0 Å². The van der Waals surface area contributed by atoms with Crippen LogP contribution in [0.15, 0.2) is 30.9 Å². The van der Waals surface area contributed by atoms with E-state index in [1.807, 2.05) is 32.0 Å². The molecule has 1 N–H and O–H groups in total. The van der Waals surface area contributed by atoms with Crippen molar-refractivity contribution in [2.45, 2.75) is 34.2 Å². The number of nitrogens with one attached hydrogen (secondary N) is 1. The lowest BCUT2D eigenvalue weighted by Gasteiger charge is -2.08. The number of ether oxygens (including phenoxy) is 1. The molecule has 2 heterocycles. The fraction of sp³-hybridized carbons (Fsp3) is 0.286. The first-order valence-corrected chi connectivity index (χ1v) is 9.85. The molecule has 0 radical (unpaired) electrons. The molecule has 1 aromatic carbocycles. The van der Waals surface area contributed by atoms with Crippen molar-refractivity contribution < 1.29 is 14.3 Å². The summed E-state index contributed by atoms with van der Waals surface area (Å²) in [6.45, 7) is 11.8. The van der Waals surface area contributed by atoms with Crippen molar-refractivity contribution >= 4 is 38.6 Å². The number of fused-ring (bicyclic) bond motifs is 1. The number of carbonyl (C=O) groups excluding carboxylic acids is 2. The lowest BCUT2D eigenvalue weighted by molar-refractivity contribution is 0.0513. The van der Waals surface area contributed by atoms with Gasteiger partial charge in [0.1, 0.15) is 5.69 Å². The maximum Gasteiger partial charge on any atom is 0.355 e. The highest BCUT2D eigenvalue weighted by Gasteiger charge is 2.27. The summed E-state index contributed by atoms with van der Waals surface area (Å²) in [5, 5.41) is 3.41. The van der Waals surface area contributed by atoms with Crippen LogP contribution in [-0.2, 0) is 11.3 Å². The van der Waals surface area contributed by atoms with Crippen molar-refractivity contribution in [2.75, 3.05) is 11.9 Å². The number of hydrogen-bond acceptors (Lipinski definition) is 5. The second-order valence-corrected chi connectivity index (χ2v) is 7.53. The molecule has 0 aliphatic rings. The SMILES string of the molecule is C=CCn1c(C)c(C(=O)Nc2nc3ccc(C)cc3s2)c(C)c1C(=O)OCC. The zero-order valence-electron chi connectivity index (χ0n) is 16.5. The first kappa shape index (κ1) is 19.8. The van der Waals surface area contributed by atoms with Crippen LogP contribution in [0.5, 0.6) is 0 Å². The summed E-state index contributed by atoms with van der Waals surface area (Å²) in [5.41, 5.74) is 4.10. The van der Waals surface area contributed by atoms with Gasteiger partial charge in [0.25, 0.3) is 5.91 Å². The largest absolute Gasteiger partial charge is 0.461 e. The van der Waals surface area contributed by atoms with E-state index in [2.05, 4.69) is 16.9 Å². The summed E-state index contributed by atoms with van der Waals surface area (Å²) in [7, 11) is 0. The van der Waals surface area contributed by atoms with Crippen LogP contribution in [0.3, 0.4) is 0 Å². The molecule has 1 amide bonds. The van der Waals surface area contributed by atoms with Crippen molar-refractivity contribution in [2.24, 2.45) is 0 Å². The monoisotopic (exact) mass is 397 g/mol. The van der Waals surface area contributed by atoms with E-state index in [0.29, 0.717) is 34.2 Å². The Morgan fingerprint density at radius 2 is 2.07 bits per heavy atom. The molecule has 6 nitrogen and oxygen atoms in total. The number of carbonyl (C=O) groups is 2. The number of amides is 1. The maximum absolute atomic E-state index is 13.0. The number of aryl methyl sites for hydroxylation is 1. The molecule has 0 bridgehead atoms. The zero-order chi connectivity index (χ0) is 20.4. The highest BCUT2D eigenvalue weighted by molar-refractivity contribution is 7.22. The van der Waals surface area contributed by atoms with Crippen molar-refractivity contribution in [1.29, 1.82) is 0 Å². The van der Waals surface area contributed by atoms with E-state index in [9.17, 15) is 9.59 Å². The summed E-state index contributed by atoms with van der Waals surface area (Å²) < 4.78 is 7.95. The predicted molar refractivity (Wildman–Crippen MR) is 112 cm³/mol. The minimum atomic E-state index is -0.445. The second kappa shape index (κ2) is 7.98. The standard InChI is InChI=1S/C21H23N3O3S/c1-6-10-24-14(5)17(13(4)18(24)20(26)27-7-2)19(25)23-21-22-15-9-8-12(3)11-16(15)28-21/h6,8-9,11H,1,7,10H2,2-5H3,(H,22,23,25). The molecule has 7 heteroatoms. The third kappa shape index (κ3) is 3.57. The minimum absolute atomic E-state index is 0.267. The summed E-state index contributed by atoms with van der Waals surface area (Å²) in [4.78, 5) is 29.9. The van der Waals surface area contributed by atoms with Gasteiger partial charge in [-0.3, -0.25) is 10.1 Å². The first-order valence-electron chi connectivity index (χ1n) is 9.03. The normalized spacial score (nSPS) is 10.9. The van der Waals surface area contributed by atoms with Crippen LogP contribution in [0, 0.1) is 20.8 Å². The lowest BCUT2D eigenvalue weighted by Crippen LogP contribution is -2.14. The van der Waals surface area contributed by atoms with E-state index in [-0.39, 0.29) is 12.5 Å². The smallest absolute Gasteiger partial charge is 0.355 e.